The molecular formula is C14H19ClN2O3S. The zero-order valence-corrected chi connectivity index (χ0v) is 13.4. The number of carbonyl (C=O) groups is 1. The molecule has 1 aromatic rings. The Kier molecular flexibility index (Phi) is 4.91. The molecule has 1 aliphatic carbocycles. The van der Waals surface area contributed by atoms with Crippen molar-refractivity contribution in [2.45, 2.75) is 37.5 Å². The van der Waals surface area contributed by atoms with Crippen molar-refractivity contribution in [3.63, 3.8) is 0 Å². The van der Waals surface area contributed by atoms with Crippen molar-refractivity contribution >= 4 is 27.5 Å². The van der Waals surface area contributed by atoms with Gasteiger partial charge in [0.05, 0.1) is 4.90 Å². The van der Waals surface area contributed by atoms with Gasteiger partial charge in [-0.3, -0.25) is 4.79 Å². The van der Waals surface area contributed by atoms with Crippen molar-refractivity contribution in [2.24, 2.45) is 11.1 Å². The number of halogens is 1. The Balaban J connectivity index is 2.13. The molecule has 0 bridgehead atoms. The number of sulfonamides is 1. The second kappa shape index (κ2) is 6.34. The largest absolute Gasteiger partial charge is 0.352 e. The standard InChI is InChI=1S/C14H19ClN2O3S/c1-9-12(7-11(8-13(9)15)21(16,19)20)14(18)17-6-5-10-3-2-4-10/h7-8,10H,2-6H2,1H3,(H,17,18)(H2,16,19,20). The fourth-order valence-electron chi connectivity index (χ4n) is 2.32. The van der Waals surface area contributed by atoms with E-state index in [-0.39, 0.29) is 21.4 Å². The number of benzene rings is 1. The molecule has 1 aliphatic rings. The molecule has 3 N–H and O–H groups in total. The van der Waals surface area contributed by atoms with E-state index in [0.717, 1.165) is 6.42 Å². The zero-order chi connectivity index (χ0) is 15.6. The van der Waals surface area contributed by atoms with Crippen LogP contribution in [0.5, 0.6) is 0 Å². The maximum Gasteiger partial charge on any atom is 0.251 e. The predicted octanol–water partition coefficient (Wildman–Crippen LogP) is 2.22. The SMILES string of the molecule is Cc1c(Cl)cc(S(N)(=O)=O)cc1C(=O)NCCC1CCC1. The fourth-order valence-corrected chi connectivity index (χ4v) is 3.17. The van der Waals surface area contributed by atoms with E-state index in [4.69, 9.17) is 16.7 Å². The Bertz CT molecular complexity index is 654. The van der Waals surface area contributed by atoms with Crippen LogP contribution in [-0.4, -0.2) is 20.9 Å². The van der Waals surface area contributed by atoms with Gasteiger partial charge in [-0.25, -0.2) is 13.6 Å². The summed E-state index contributed by atoms with van der Waals surface area (Å²) in [5.74, 6) is 0.380. The van der Waals surface area contributed by atoms with Crippen LogP contribution in [-0.2, 0) is 10.0 Å². The summed E-state index contributed by atoms with van der Waals surface area (Å²) in [5.41, 5.74) is 0.797. The third kappa shape index (κ3) is 3.96. The molecule has 1 aromatic carbocycles. The van der Waals surface area contributed by atoms with Gasteiger partial charge < -0.3 is 5.32 Å². The molecule has 0 heterocycles. The van der Waals surface area contributed by atoms with Gasteiger partial charge in [0.15, 0.2) is 0 Å². The normalized spacial score (nSPS) is 15.6. The van der Waals surface area contributed by atoms with Crippen molar-refractivity contribution in [3.05, 3.63) is 28.3 Å². The van der Waals surface area contributed by atoms with E-state index in [1.54, 1.807) is 6.92 Å². The number of hydrogen-bond donors (Lipinski definition) is 2. The first kappa shape index (κ1) is 16.3. The van der Waals surface area contributed by atoms with Crippen LogP contribution in [0.3, 0.4) is 0 Å². The number of nitrogens with two attached hydrogens (primary N) is 1. The van der Waals surface area contributed by atoms with Crippen molar-refractivity contribution in [1.29, 1.82) is 0 Å². The van der Waals surface area contributed by atoms with Gasteiger partial charge in [-0.05, 0) is 37.0 Å². The number of hydrogen-bond acceptors (Lipinski definition) is 3. The Labute approximate surface area is 129 Å². The summed E-state index contributed by atoms with van der Waals surface area (Å²) in [6.45, 7) is 2.26. The van der Waals surface area contributed by atoms with Gasteiger partial charge in [0.1, 0.15) is 0 Å². The van der Waals surface area contributed by atoms with Gasteiger partial charge in [-0.2, -0.15) is 0 Å². The first-order valence-electron chi connectivity index (χ1n) is 6.90. The van der Waals surface area contributed by atoms with Crippen LogP contribution in [0.1, 0.15) is 41.6 Å². The predicted molar refractivity (Wildman–Crippen MR) is 81.9 cm³/mol. The monoisotopic (exact) mass is 330 g/mol. The van der Waals surface area contributed by atoms with Gasteiger partial charge in [0.2, 0.25) is 10.0 Å². The second-order valence-electron chi connectivity index (χ2n) is 5.46. The first-order chi connectivity index (χ1) is 9.79. The summed E-state index contributed by atoms with van der Waals surface area (Å²) in [6.07, 6.45) is 4.67. The molecule has 1 fully saturated rings. The van der Waals surface area contributed by atoms with E-state index < -0.39 is 10.0 Å². The molecule has 1 amide bonds. The third-order valence-corrected chi connectivity index (χ3v) is 5.24. The fraction of sp³-hybridized carbons (Fsp3) is 0.500. The maximum atomic E-state index is 12.2. The molecule has 21 heavy (non-hydrogen) atoms. The molecule has 0 atom stereocenters. The Morgan fingerprint density at radius 3 is 2.62 bits per heavy atom. The number of rotatable bonds is 5. The second-order valence-corrected chi connectivity index (χ2v) is 7.43. The zero-order valence-electron chi connectivity index (χ0n) is 11.9. The third-order valence-electron chi connectivity index (χ3n) is 3.95. The molecule has 116 valence electrons. The molecule has 5 nitrogen and oxygen atoms in total. The minimum Gasteiger partial charge on any atom is -0.352 e. The van der Waals surface area contributed by atoms with Crippen LogP contribution in [0.25, 0.3) is 0 Å². The average Bonchev–Trinajstić information content (AvgIpc) is 2.33. The number of nitrogens with one attached hydrogen (secondary N) is 1. The van der Waals surface area contributed by atoms with Crippen molar-refractivity contribution < 1.29 is 13.2 Å². The van der Waals surface area contributed by atoms with E-state index in [9.17, 15) is 13.2 Å². The van der Waals surface area contributed by atoms with E-state index in [2.05, 4.69) is 5.32 Å². The van der Waals surface area contributed by atoms with Gasteiger partial charge in [0, 0.05) is 17.1 Å². The molecular weight excluding hydrogens is 312 g/mol. The van der Waals surface area contributed by atoms with Crippen LogP contribution >= 0.6 is 11.6 Å². The molecule has 0 aliphatic heterocycles. The Morgan fingerprint density at radius 1 is 1.43 bits per heavy atom. The Hall–Kier alpha value is -1.11. The highest BCUT2D eigenvalue weighted by molar-refractivity contribution is 7.89. The minimum absolute atomic E-state index is 0.151. The van der Waals surface area contributed by atoms with Crippen LogP contribution in [0.4, 0.5) is 0 Å². The quantitative estimate of drug-likeness (QED) is 0.867. The minimum atomic E-state index is -3.89. The van der Waals surface area contributed by atoms with Gasteiger partial charge in [-0.15, -0.1) is 0 Å². The average molecular weight is 331 g/mol. The van der Waals surface area contributed by atoms with E-state index in [0.29, 0.717) is 18.0 Å². The summed E-state index contributed by atoms with van der Waals surface area (Å²) in [5, 5.41) is 8.12. The topological polar surface area (TPSA) is 89.3 Å². The summed E-state index contributed by atoms with van der Waals surface area (Å²) in [7, 11) is -3.89. The molecule has 0 aromatic heterocycles. The highest BCUT2D eigenvalue weighted by Gasteiger charge is 2.19. The van der Waals surface area contributed by atoms with Crippen LogP contribution < -0.4 is 10.5 Å². The van der Waals surface area contributed by atoms with Crippen molar-refractivity contribution in [1.82, 2.24) is 5.32 Å². The molecule has 0 spiro atoms. The van der Waals surface area contributed by atoms with Crippen molar-refractivity contribution in [2.75, 3.05) is 6.54 Å². The van der Waals surface area contributed by atoms with Gasteiger partial charge >= 0.3 is 0 Å². The smallest absolute Gasteiger partial charge is 0.251 e. The molecule has 0 saturated heterocycles. The lowest BCUT2D eigenvalue weighted by atomic mass is 9.83. The highest BCUT2D eigenvalue weighted by atomic mass is 35.5. The lowest BCUT2D eigenvalue weighted by Crippen LogP contribution is -2.28. The highest BCUT2D eigenvalue weighted by Crippen LogP contribution is 2.29. The molecule has 0 unspecified atom stereocenters. The lowest BCUT2D eigenvalue weighted by molar-refractivity contribution is 0.0948. The van der Waals surface area contributed by atoms with E-state index in [1.807, 2.05) is 0 Å². The summed E-state index contributed by atoms with van der Waals surface area (Å²) >= 11 is 5.99. The molecule has 0 radical (unpaired) electrons. The number of primary sulfonamides is 1. The number of amides is 1. The van der Waals surface area contributed by atoms with Gasteiger partial charge in [0.25, 0.3) is 5.91 Å². The van der Waals surface area contributed by atoms with Gasteiger partial charge in [-0.1, -0.05) is 30.9 Å². The van der Waals surface area contributed by atoms with Crippen LogP contribution in [0.15, 0.2) is 17.0 Å². The van der Waals surface area contributed by atoms with Crippen LogP contribution in [0.2, 0.25) is 5.02 Å². The van der Waals surface area contributed by atoms with E-state index >= 15 is 0 Å². The molecule has 1 saturated carbocycles. The Morgan fingerprint density at radius 2 is 2.10 bits per heavy atom. The summed E-state index contributed by atoms with van der Waals surface area (Å²) in [6, 6.07) is 2.53. The lowest BCUT2D eigenvalue weighted by Gasteiger charge is -2.25. The summed E-state index contributed by atoms with van der Waals surface area (Å²) < 4.78 is 22.8. The summed E-state index contributed by atoms with van der Waals surface area (Å²) in [4.78, 5) is 12.0. The first-order valence-corrected chi connectivity index (χ1v) is 8.82. The maximum absolute atomic E-state index is 12.2. The number of carbonyl (C=O) groups excluding carboxylic acids is 1. The van der Waals surface area contributed by atoms with Crippen LogP contribution in [0, 0.1) is 12.8 Å². The van der Waals surface area contributed by atoms with E-state index in [1.165, 1.54) is 31.4 Å². The van der Waals surface area contributed by atoms with Crippen molar-refractivity contribution in [3.8, 4) is 0 Å². The molecule has 7 heteroatoms. The molecule has 2 rings (SSSR count).